The van der Waals surface area contributed by atoms with E-state index in [9.17, 15) is 9.13 Å². The Hall–Kier alpha value is 0.117. The number of hydrogen-bond acceptors (Lipinski definition) is 2. The summed E-state index contributed by atoms with van der Waals surface area (Å²) in [7, 11) is -0.957. The molecule has 42 valence electrons. The normalized spacial score (nSPS) is 9.14. The molecule has 0 heterocycles. The molecule has 0 aromatic heterocycles. The Bertz CT molecular complexity index is 91.1. The summed E-state index contributed by atoms with van der Waals surface area (Å²) in [5.41, 5.74) is 0. The summed E-state index contributed by atoms with van der Waals surface area (Å²) in [6, 6.07) is 1.10. The minimum Gasteiger partial charge on any atom is -0.237 e. The average Bonchev–Trinajstić information content (AvgIpc) is 1.61. The van der Waals surface area contributed by atoms with Crippen molar-refractivity contribution in [2.24, 2.45) is 0 Å². The minimum absolute atomic E-state index is 0.388. The summed E-state index contributed by atoms with van der Waals surface area (Å²) in [4.78, 5) is 0. The van der Waals surface area contributed by atoms with Gasteiger partial charge in [-0.3, -0.25) is 0 Å². The zero-order chi connectivity index (χ0) is 5.70. The molecule has 0 aliphatic carbocycles. The first kappa shape index (κ1) is 7.12. The number of hydrogen-bond donors (Lipinski definition) is 0. The van der Waals surface area contributed by atoms with Crippen molar-refractivity contribution in [3.63, 3.8) is 0 Å². The second kappa shape index (κ2) is 4.28. The Morgan fingerprint density at radius 2 is 2.00 bits per heavy atom. The molecule has 0 spiro atoms. The van der Waals surface area contributed by atoms with E-state index in [-0.39, 0.29) is 0 Å². The minimum atomic E-state index is -2.08. The van der Waals surface area contributed by atoms with Crippen LogP contribution in [0.4, 0.5) is 0 Å². The van der Waals surface area contributed by atoms with E-state index >= 15 is 0 Å². The van der Waals surface area contributed by atoms with E-state index in [1.165, 1.54) is 0 Å². The van der Waals surface area contributed by atoms with Crippen LogP contribution in [0.1, 0.15) is 6.42 Å². The molecule has 0 saturated heterocycles. The fourth-order valence-electron chi connectivity index (χ4n) is 0.287. The Balaban J connectivity index is 2.98. The third kappa shape index (κ3) is 6.12. The summed E-state index contributed by atoms with van der Waals surface area (Å²) >= 11 is 0. The van der Waals surface area contributed by atoms with Gasteiger partial charge in [0.25, 0.3) is 0 Å². The van der Waals surface area contributed by atoms with Gasteiger partial charge in [-0.25, -0.2) is 9.13 Å². The summed E-state index contributed by atoms with van der Waals surface area (Å²) < 4.78 is 19.6. The second-order valence-electron chi connectivity index (χ2n) is 1.41. The van der Waals surface area contributed by atoms with Crippen LogP contribution in [-0.4, -0.2) is 16.4 Å². The van der Waals surface area contributed by atoms with Gasteiger partial charge >= 0.3 is 7.68 Å². The van der Waals surface area contributed by atoms with Crippen molar-refractivity contribution < 1.29 is 9.13 Å². The van der Waals surface area contributed by atoms with Crippen molar-refractivity contribution in [2.45, 2.75) is 12.5 Å². The molecular formula is C3H9O2PSi. The largest absolute Gasteiger partial charge is 0.315 e. The zero-order valence-corrected chi connectivity index (χ0v) is 7.28. The Kier molecular flexibility index (Phi) is 4.35. The molecule has 0 atom stereocenters. The van der Waals surface area contributed by atoms with E-state index in [4.69, 9.17) is 0 Å². The van der Waals surface area contributed by atoms with Crippen LogP contribution in [-0.2, 0) is 9.13 Å². The maximum atomic E-state index is 9.81. The molecule has 0 aliphatic heterocycles. The molecule has 0 aliphatic rings. The smallest absolute Gasteiger partial charge is 0.237 e. The molecular weight excluding hydrogens is 127 g/mol. The topological polar surface area (TPSA) is 34.1 Å². The lowest BCUT2D eigenvalue weighted by atomic mass is 10.6. The second-order valence-corrected chi connectivity index (χ2v) is 3.52. The summed E-state index contributed by atoms with van der Waals surface area (Å²) in [5.74, 6) is 0. The van der Waals surface area contributed by atoms with E-state index in [0.717, 1.165) is 22.7 Å². The van der Waals surface area contributed by atoms with Crippen LogP contribution in [0.25, 0.3) is 0 Å². The average molecular weight is 136 g/mol. The first-order chi connectivity index (χ1) is 3.27. The highest BCUT2D eigenvalue weighted by molar-refractivity contribution is 7.30. The van der Waals surface area contributed by atoms with E-state index in [0.29, 0.717) is 6.16 Å². The van der Waals surface area contributed by atoms with Crippen molar-refractivity contribution in [3.8, 4) is 0 Å². The molecule has 4 heteroatoms. The third-order valence-corrected chi connectivity index (χ3v) is 2.08. The Labute approximate surface area is 46.5 Å². The molecule has 0 fully saturated rings. The molecule has 0 rings (SSSR count). The van der Waals surface area contributed by atoms with Crippen molar-refractivity contribution in [1.29, 1.82) is 0 Å². The van der Waals surface area contributed by atoms with Crippen LogP contribution in [0.15, 0.2) is 0 Å². The Morgan fingerprint density at radius 1 is 1.43 bits per heavy atom. The van der Waals surface area contributed by atoms with Crippen LogP contribution in [0.2, 0.25) is 6.04 Å². The Morgan fingerprint density at radius 3 is 2.14 bits per heavy atom. The first-order valence-corrected chi connectivity index (χ1v) is 5.17. The first-order valence-electron chi connectivity index (χ1n) is 2.39. The van der Waals surface area contributed by atoms with Crippen molar-refractivity contribution in [3.05, 3.63) is 0 Å². The van der Waals surface area contributed by atoms with Gasteiger partial charge in [-0.2, -0.15) is 0 Å². The zero-order valence-electron chi connectivity index (χ0n) is 4.39. The molecule has 0 amide bonds. The monoisotopic (exact) mass is 136 g/mol. The van der Waals surface area contributed by atoms with Gasteiger partial charge in [0.05, 0.1) is 6.16 Å². The predicted molar refractivity (Wildman–Crippen MR) is 32.5 cm³/mol. The van der Waals surface area contributed by atoms with E-state index < -0.39 is 7.68 Å². The fraction of sp³-hybridized carbons (Fsp3) is 1.00. The SMILES string of the molecule is O=P(=O)CCC[SiH3]. The third-order valence-electron chi connectivity index (χ3n) is 0.694. The quantitative estimate of drug-likeness (QED) is 0.414. The fourth-order valence-corrected chi connectivity index (χ4v) is 1.81. The van der Waals surface area contributed by atoms with Crippen molar-refractivity contribution in [1.82, 2.24) is 0 Å². The van der Waals surface area contributed by atoms with Gasteiger partial charge < -0.3 is 0 Å². The van der Waals surface area contributed by atoms with E-state index in [1.54, 1.807) is 0 Å². The standard InChI is InChI=1S/C3H9O2PSi/c4-6(5)2-1-3-7/h1-3H2,7H3. The van der Waals surface area contributed by atoms with Crippen LogP contribution in [0, 0.1) is 0 Å². The van der Waals surface area contributed by atoms with E-state index in [1.807, 2.05) is 0 Å². The summed E-state index contributed by atoms with van der Waals surface area (Å²) in [6.07, 6.45) is 1.25. The predicted octanol–water partition coefficient (Wildman–Crippen LogP) is 0.333. The van der Waals surface area contributed by atoms with Gasteiger partial charge in [-0.15, -0.1) is 0 Å². The van der Waals surface area contributed by atoms with Gasteiger partial charge in [0.1, 0.15) is 0 Å². The number of rotatable bonds is 3. The molecule has 0 N–H and O–H groups in total. The summed E-state index contributed by atoms with van der Waals surface area (Å²) in [5, 5.41) is 0. The van der Waals surface area contributed by atoms with Crippen LogP contribution >= 0.6 is 7.68 Å². The van der Waals surface area contributed by atoms with Gasteiger partial charge in [0.15, 0.2) is 0 Å². The summed E-state index contributed by atoms with van der Waals surface area (Å²) in [6.45, 7) is 0. The molecule has 0 unspecified atom stereocenters. The van der Waals surface area contributed by atoms with Crippen molar-refractivity contribution >= 4 is 17.9 Å². The van der Waals surface area contributed by atoms with E-state index in [2.05, 4.69) is 0 Å². The molecule has 0 bridgehead atoms. The van der Waals surface area contributed by atoms with Gasteiger partial charge in [-0.05, 0) is 6.42 Å². The van der Waals surface area contributed by atoms with Crippen LogP contribution in [0.3, 0.4) is 0 Å². The van der Waals surface area contributed by atoms with Gasteiger partial charge in [0.2, 0.25) is 0 Å². The molecule has 7 heavy (non-hydrogen) atoms. The highest BCUT2D eigenvalue weighted by atomic mass is 31.1. The maximum Gasteiger partial charge on any atom is 0.315 e. The van der Waals surface area contributed by atoms with Crippen molar-refractivity contribution in [2.75, 3.05) is 6.16 Å². The molecule has 0 aromatic carbocycles. The van der Waals surface area contributed by atoms with Crippen LogP contribution in [0.5, 0.6) is 0 Å². The lowest BCUT2D eigenvalue weighted by Gasteiger charge is -1.78. The molecule has 0 aromatic rings. The highest BCUT2D eigenvalue weighted by Crippen LogP contribution is 2.04. The molecule has 0 saturated carbocycles. The lowest BCUT2D eigenvalue weighted by molar-refractivity contribution is 0.514. The van der Waals surface area contributed by atoms with Gasteiger partial charge in [-0.1, -0.05) is 6.04 Å². The maximum absolute atomic E-state index is 9.81. The van der Waals surface area contributed by atoms with Crippen LogP contribution < -0.4 is 0 Å². The molecule has 2 nitrogen and oxygen atoms in total. The molecule has 0 radical (unpaired) electrons. The van der Waals surface area contributed by atoms with Gasteiger partial charge in [0, 0.05) is 10.2 Å². The highest BCUT2D eigenvalue weighted by Gasteiger charge is 1.86. The lowest BCUT2D eigenvalue weighted by Crippen LogP contribution is -1.71.